The Balaban J connectivity index is 1.87. The van der Waals surface area contributed by atoms with Crippen LogP contribution in [0.3, 0.4) is 0 Å². The van der Waals surface area contributed by atoms with Crippen LogP contribution >= 0.6 is 0 Å². The number of hydrogen-bond donors (Lipinski definition) is 1. The highest BCUT2D eigenvalue weighted by Crippen LogP contribution is 2.52. The molecule has 1 atom stereocenters. The first kappa shape index (κ1) is 20.1. The van der Waals surface area contributed by atoms with Gasteiger partial charge in [-0.3, -0.25) is 4.79 Å². The van der Waals surface area contributed by atoms with Crippen molar-refractivity contribution < 1.29 is 19.1 Å². The Labute approximate surface area is 186 Å². The molecule has 160 valence electrons. The highest BCUT2D eigenvalue weighted by atomic mass is 16.6. The molecule has 1 aliphatic rings. The van der Waals surface area contributed by atoms with Gasteiger partial charge in [0.25, 0.3) is 0 Å². The number of aromatic amines is 1. The van der Waals surface area contributed by atoms with Gasteiger partial charge in [0, 0.05) is 34.5 Å². The van der Waals surface area contributed by atoms with E-state index in [-0.39, 0.29) is 0 Å². The van der Waals surface area contributed by atoms with Crippen molar-refractivity contribution in [3.05, 3.63) is 106 Å². The fourth-order valence-electron chi connectivity index (χ4n) is 4.55. The van der Waals surface area contributed by atoms with E-state index in [4.69, 9.17) is 9.47 Å². The molecule has 0 aliphatic carbocycles. The first-order valence-corrected chi connectivity index (χ1v) is 10.6. The molecular formula is C27H23NO4. The monoisotopic (exact) mass is 425 g/mol. The number of nitrogens with one attached hydrogen (secondary N) is 1. The summed E-state index contributed by atoms with van der Waals surface area (Å²) in [5.74, 6) is -0.937. The van der Waals surface area contributed by atoms with E-state index < -0.39 is 23.6 Å². The number of carbonyl (C=O) groups is 2. The molecule has 5 nitrogen and oxygen atoms in total. The van der Waals surface area contributed by atoms with E-state index >= 15 is 0 Å². The number of aromatic nitrogens is 1. The number of para-hydroxylation sites is 1. The Kier molecular flexibility index (Phi) is 4.63. The molecule has 0 amide bonds. The molecule has 5 heteroatoms. The number of aryl methyl sites for hydroxylation is 2. The number of hydrogen-bond acceptors (Lipinski definition) is 4. The lowest BCUT2D eigenvalue weighted by atomic mass is 9.76. The lowest BCUT2D eigenvalue weighted by Crippen LogP contribution is -2.45. The van der Waals surface area contributed by atoms with Crippen molar-refractivity contribution in [2.24, 2.45) is 0 Å². The number of ether oxygens (including phenoxy) is 2. The predicted octanol–water partition coefficient (Wildman–Crippen LogP) is 5.50. The summed E-state index contributed by atoms with van der Waals surface area (Å²) in [6.45, 7) is 5.37. The van der Waals surface area contributed by atoms with E-state index in [0.29, 0.717) is 11.3 Å². The Morgan fingerprint density at radius 1 is 0.906 bits per heavy atom. The summed E-state index contributed by atoms with van der Waals surface area (Å²) in [7, 11) is 0. The number of fused-ring (bicyclic) bond motifs is 3. The normalized spacial score (nSPS) is 17.0. The first-order chi connectivity index (χ1) is 15.4. The third-order valence-electron chi connectivity index (χ3n) is 6.08. The fourth-order valence-corrected chi connectivity index (χ4v) is 4.55. The van der Waals surface area contributed by atoms with Crippen LogP contribution in [0.1, 0.15) is 51.3 Å². The van der Waals surface area contributed by atoms with Crippen LogP contribution in [0, 0.1) is 13.8 Å². The van der Waals surface area contributed by atoms with Crippen molar-refractivity contribution >= 4 is 22.8 Å². The van der Waals surface area contributed by atoms with E-state index in [2.05, 4.69) is 4.98 Å². The summed E-state index contributed by atoms with van der Waals surface area (Å²) in [6, 6.07) is 23.2. The van der Waals surface area contributed by atoms with Gasteiger partial charge in [0.1, 0.15) is 5.69 Å². The van der Waals surface area contributed by atoms with Crippen molar-refractivity contribution in [1.82, 2.24) is 4.98 Å². The number of esters is 2. The Morgan fingerprint density at radius 3 is 2.03 bits per heavy atom. The molecule has 0 radical (unpaired) electrons. The smallest absolute Gasteiger partial charge is 0.356 e. The van der Waals surface area contributed by atoms with Gasteiger partial charge in [-0.05, 0) is 19.9 Å². The van der Waals surface area contributed by atoms with E-state index in [0.717, 1.165) is 33.2 Å². The van der Waals surface area contributed by atoms with Gasteiger partial charge < -0.3 is 14.5 Å². The summed E-state index contributed by atoms with van der Waals surface area (Å²) < 4.78 is 12.2. The summed E-state index contributed by atoms with van der Waals surface area (Å²) in [6.07, 6.45) is -0.866. The minimum atomic E-state index is -1.33. The predicted molar refractivity (Wildman–Crippen MR) is 121 cm³/mol. The van der Waals surface area contributed by atoms with Gasteiger partial charge in [-0.2, -0.15) is 0 Å². The number of rotatable bonds is 3. The fraction of sp³-hybridized carbons (Fsp3) is 0.185. The van der Waals surface area contributed by atoms with Gasteiger partial charge in [-0.25, -0.2) is 4.79 Å². The van der Waals surface area contributed by atoms with Crippen LogP contribution in [-0.2, 0) is 19.9 Å². The molecule has 1 aliphatic heterocycles. The average molecular weight is 425 g/mol. The number of H-pyrrole nitrogens is 1. The van der Waals surface area contributed by atoms with Crippen LogP contribution in [0.5, 0.6) is 0 Å². The molecule has 32 heavy (non-hydrogen) atoms. The van der Waals surface area contributed by atoms with Crippen molar-refractivity contribution in [3.8, 4) is 0 Å². The molecule has 5 rings (SSSR count). The molecule has 3 aromatic carbocycles. The number of cyclic esters (lactones) is 1. The maximum Gasteiger partial charge on any atom is 0.356 e. The third kappa shape index (κ3) is 3.01. The van der Waals surface area contributed by atoms with Crippen LogP contribution < -0.4 is 0 Å². The lowest BCUT2D eigenvalue weighted by Gasteiger charge is -2.43. The third-order valence-corrected chi connectivity index (χ3v) is 6.08. The van der Waals surface area contributed by atoms with Gasteiger partial charge in [-0.1, -0.05) is 77.9 Å². The van der Waals surface area contributed by atoms with Gasteiger partial charge in [-0.15, -0.1) is 0 Å². The van der Waals surface area contributed by atoms with Gasteiger partial charge >= 0.3 is 11.9 Å². The topological polar surface area (TPSA) is 68.4 Å². The van der Waals surface area contributed by atoms with Gasteiger partial charge in [0.2, 0.25) is 5.60 Å². The lowest BCUT2D eigenvalue weighted by molar-refractivity contribution is -0.163. The largest absolute Gasteiger partial charge is 0.452 e. The van der Waals surface area contributed by atoms with Crippen LogP contribution in [-0.4, -0.2) is 16.9 Å². The van der Waals surface area contributed by atoms with Crippen molar-refractivity contribution in [1.29, 1.82) is 0 Å². The van der Waals surface area contributed by atoms with Gasteiger partial charge in [0.05, 0.1) is 0 Å². The van der Waals surface area contributed by atoms with E-state index in [1.807, 2.05) is 86.6 Å². The second kappa shape index (κ2) is 7.38. The standard InChI is InChI=1S/C27H23NO4/c1-16-8-12-19(13-9-16)27(20-14-10-17(2)11-15-20)25(31-18(3)29)23-21-6-4-5-7-22(21)28-24(23)26(30)32-27/h4-15,25,28H,1-3H3. The van der Waals surface area contributed by atoms with Crippen LogP contribution in [0.15, 0.2) is 72.8 Å². The maximum absolute atomic E-state index is 13.4. The van der Waals surface area contributed by atoms with Crippen molar-refractivity contribution in [2.45, 2.75) is 32.5 Å². The molecule has 0 bridgehead atoms. The highest BCUT2D eigenvalue weighted by Gasteiger charge is 2.55. The Hall–Kier alpha value is -3.86. The molecule has 1 aromatic heterocycles. The number of carbonyl (C=O) groups excluding carboxylic acids is 2. The maximum atomic E-state index is 13.4. The molecule has 0 fully saturated rings. The Bertz CT molecular complexity index is 1290. The molecule has 0 saturated carbocycles. The average Bonchev–Trinajstić information content (AvgIpc) is 3.17. The molecular weight excluding hydrogens is 402 g/mol. The minimum absolute atomic E-state index is 0.312. The zero-order valence-electron chi connectivity index (χ0n) is 18.1. The zero-order valence-corrected chi connectivity index (χ0v) is 18.1. The molecule has 1 N–H and O–H groups in total. The molecule has 1 unspecified atom stereocenters. The van der Waals surface area contributed by atoms with Crippen LogP contribution in [0.2, 0.25) is 0 Å². The highest BCUT2D eigenvalue weighted by molar-refractivity contribution is 6.00. The summed E-state index contributed by atoms with van der Waals surface area (Å²) in [5.41, 5.74) is 4.03. The summed E-state index contributed by atoms with van der Waals surface area (Å²) >= 11 is 0. The summed E-state index contributed by atoms with van der Waals surface area (Å²) in [5, 5.41) is 0.828. The molecule has 0 spiro atoms. The van der Waals surface area contributed by atoms with Gasteiger partial charge in [0.15, 0.2) is 6.10 Å². The van der Waals surface area contributed by atoms with Crippen molar-refractivity contribution in [3.63, 3.8) is 0 Å². The second-order valence-electron chi connectivity index (χ2n) is 8.31. The SMILES string of the molecule is CC(=O)OC1c2c([nH]c3ccccc23)C(=O)OC1(c1ccc(C)cc1)c1ccc(C)cc1. The number of benzene rings is 3. The van der Waals surface area contributed by atoms with E-state index in [1.54, 1.807) is 0 Å². The zero-order chi connectivity index (χ0) is 22.5. The van der Waals surface area contributed by atoms with Crippen LogP contribution in [0.4, 0.5) is 0 Å². The molecule has 0 saturated heterocycles. The van der Waals surface area contributed by atoms with E-state index in [9.17, 15) is 9.59 Å². The van der Waals surface area contributed by atoms with Crippen LogP contribution in [0.25, 0.3) is 10.9 Å². The van der Waals surface area contributed by atoms with Crippen molar-refractivity contribution in [2.75, 3.05) is 0 Å². The quantitative estimate of drug-likeness (QED) is 0.440. The minimum Gasteiger partial charge on any atom is -0.452 e. The summed E-state index contributed by atoms with van der Waals surface area (Å²) in [4.78, 5) is 28.9. The van der Waals surface area contributed by atoms with E-state index in [1.165, 1.54) is 6.92 Å². The molecule has 4 aromatic rings. The Morgan fingerprint density at radius 2 is 1.47 bits per heavy atom. The molecule has 2 heterocycles. The second-order valence-corrected chi connectivity index (χ2v) is 8.31. The first-order valence-electron chi connectivity index (χ1n) is 10.6.